The number of carbonyl (C=O) groups excluding carboxylic acids is 1. The number of hydrogen-bond donors (Lipinski definition) is 1. The zero-order chi connectivity index (χ0) is 15.5. The number of ether oxygens (including phenoxy) is 1. The van der Waals surface area contributed by atoms with Crippen LogP contribution in [0.2, 0.25) is 0 Å². The van der Waals surface area contributed by atoms with Crippen LogP contribution in [0.5, 0.6) is 5.75 Å². The maximum atomic E-state index is 11.5. The van der Waals surface area contributed by atoms with Gasteiger partial charge in [-0.1, -0.05) is 19.9 Å². The molecule has 4 nitrogen and oxygen atoms in total. The van der Waals surface area contributed by atoms with Crippen LogP contribution in [0, 0.1) is 20.8 Å². The standard InChI is InChI=1S/C16H22O4/c1-6-16(7-2,15(18)19)20-14-11(4)8-10(3)13(9-17)12(14)5/h8-9H,6-7H2,1-5H3,(H,18,19). The first kappa shape index (κ1) is 16.2. The molecule has 20 heavy (non-hydrogen) atoms. The van der Waals surface area contributed by atoms with Gasteiger partial charge in [-0.3, -0.25) is 4.79 Å². The summed E-state index contributed by atoms with van der Waals surface area (Å²) in [5.41, 5.74) is 1.74. The first-order chi connectivity index (χ1) is 9.32. The monoisotopic (exact) mass is 278 g/mol. The van der Waals surface area contributed by atoms with E-state index in [-0.39, 0.29) is 0 Å². The van der Waals surface area contributed by atoms with Crippen LogP contribution in [0.15, 0.2) is 6.07 Å². The van der Waals surface area contributed by atoms with Gasteiger partial charge in [0.1, 0.15) is 5.75 Å². The molecule has 0 saturated carbocycles. The van der Waals surface area contributed by atoms with Crippen LogP contribution >= 0.6 is 0 Å². The topological polar surface area (TPSA) is 63.6 Å². The molecule has 0 bridgehead atoms. The molecule has 0 radical (unpaired) electrons. The third-order valence-corrected chi connectivity index (χ3v) is 3.91. The van der Waals surface area contributed by atoms with E-state index in [0.29, 0.717) is 29.7 Å². The Labute approximate surface area is 119 Å². The van der Waals surface area contributed by atoms with Crippen molar-refractivity contribution < 1.29 is 19.4 Å². The lowest BCUT2D eigenvalue weighted by molar-refractivity contribution is -0.156. The summed E-state index contributed by atoms with van der Waals surface area (Å²) in [6.07, 6.45) is 1.52. The van der Waals surface area contributed by atoms with Gasteiger partial charge >= 0.3 is 5.97 Å². The summed E-state index contributed by atoms with van der Waals surface area (Å²) in [6, 6.07) is 1.85. The average Bonchev–Trinajstić information content (AvgIpc) is 2.39. The molecule has 0 aliphatic heterocycles. The summed E-state index contributed by atoms with van der Waals surface area (Å²) in [5, 5.41) is 9.45. The number of carboxylic acids is 1. The molecule has 0 aliphatic rings. The van der Waals surface area contributed by atoms with E-state index < -0.39 is 11.6 Å². The number of aliphatic carboxylic acids is 1. The van der Waals surface area contributed by atoms with Gasteiger partial charge in [0, 0.05) is 11.1 Å². The third-order valence-electron chi connectivity index (χ3n) is 3.91. The van der Waals surface area contributed by atoms with Gasteiger partial charge < -0.3 is 9.84 Å². The number of rotatable bonds is 6. The van der Waals surface area contributed by atoms with Gasteiger partial charge in [0.25, 0.3) is 0 Å². The van der Waals surface area contributed by atoms with E-state index in [1.807, 2.05) is 19.9 Å². The van der Waals surface area contributed by atoms with Crippen LogP contribution in [0.3, 0.4) is 0 Å². The highest BCUT2D eigenvalue weighted by atomic mass is 16.5. The Morgan fingerprint density at radius 1 is 1.25 bits per heavy atom. The van der Waals surface area contributed by atoms with Crippen molar-refractivity contribution in [3.05, 3.63) is 28.3 Å². The van der Waals surface area contributed by atoms with Gasteiger partial charge in [-0.2, -0.15) is 0 Å². The van der Waals surface area contributed by atoms with E-state index in [0.717, 1.165) is 17.4 Å². The second-order valence-corrected chi connectivity index (χ2v) is 5.10. The predicted molar refractivity (Wildman–Crippen MR) is 77.6 cm³/mol. The van der Waals surface area contributed by atoms with Gasteiger partial charge in [-0.15, -0.1) is 0 Å². The lowest BCUT2D eigenvalue weighted by Gasteiger charge is -2.30. The van der Waals surface area contributed by atoms with Gasteiger partial charge in [0.2, 0.25) is 5.60 Å². The van der Waals surface area contributed by atoms with Crippen molar-refractivity contribution in [2.75, 3.05) is 0 Å². The van der Waals surface area contributed by atoms with E-state index in [1.165, 1.54) is 0 Å². The molecular weight excluding hydrogens is 256 g/mol. The van der Waals surface area contributed by atoms with Crippen LogP contribution in [0.25, 0.3) is 0 Å². The lowest BCUT2D eigenvalue weighted by atomic mass is 9.95. The maximum Gasteiger partial charge on any atom is 0.348 e. The largest absolute Gasteiger partial charge is 0.478 e. The smallest absolute Gasteiger partial charge is 0.348 e. The molecule has 0 amide bonds. The Kier molecular flexibility index (Phi) is 4.93. The predicted octanol–water partition coefficient (Wildman–Crippen LogP) is 3.45. The fourth-order valence-corrected chi connectivity index (χ4v) is 2.46. The van der Waals surface area contributed by atoms with Gasteiger partial charge in [0.05, 0.1) is 0 Å². The SMILES string of the molecule is CCC(CC)(Oc1c(C)cc(C)c(C=O)c1C)C(=O)O. The Hall–Kier alpha value is -1.84. The minimum atomic E-state index is -1.25. The summed E-state index contributed by atoms with van der Waals surface area (Å²) < 4.78 is 5.86. The van der Waals surface area contributed by atoms with Crippen molar-refractivity contribution in [1.29, 1.82) is 0 Å². The molecule has 110 valence electrons. The molecule has 0 aromatic heterocycles. The highest BCUT2D eigenvalue weighted by Gasteiger charge is 2.38. The molecule has 0 spiro atoms. The molecule has 4 heteroatoms. The molecule has 1 N–H and O–H groups in total. The second-order valence-electron chi connectivity index (χ2n) is 5.10. The van der Waals surface area contributed by atoms with Crippen LogP contribution in [-0.4, -0.2) is 23.0 Å². The highest BCUT2D eigenvalue weighted by Crippen LogP contribution is 2.33. The fourth-order valence-electron chi connectivity index (χ4n) is 2.46. The molecule has 1 aromatic carbocycles. The van der Waals surface area contributed by atoms with Gasteiger partial charge in [0.15, 0.2) is 6.29 Å². The fraction of sp³-hybridized carbons (Fsp3) is 0.500. The van der Waals surface area contributed by atoms with E-state index >= 15 is 0 Å². The van der Waals surface area contributed by atoms with Crippen molar-refractivity contribution >= 4 is 12.3 Å². The van der Waals surface area contributed by atoms with Crippen LogP contribution < -0.4 is 4.74 Å². The molecule has 0 unspecified atom stereocenters. The van der Waals surface area contributed by atoms with Crippen LogP contribution in [-0.2, 0) is 4.79 Å². The van der Waals surface area contributed by atoms with Crippen molar-refractivity contribution in [1.82, 2.24) is 0 Å². The molecule has 1 rings (SSSR count). The van der Waals surface area contributed by atoms with Gasteiger partial charge in [-0.25, -0.2) is 4.79 Å². The number of carbonyl (C=O) groups is 2. The van der Waals surface area contributed by atoms with Crippen LogP contribution in [0.1, 0.15) is 53.7 Å². The number of aldehydes is 1. The first-order valence-electron chi connectivity index (χ1n) is 6.81. The van der Waals surface area contributed by atoms with E-state index in [1.54, 1.807) is 20.8 Å². The summed E-state index contributed by atoms with van der Waals surface area (Å²) in [4.78, 5) is 22.7. The highest BCUT2D eigenvalue weighted by molar-refractivity contribution is 5.82. The maximum absolute atomic E-state index is 11.5. The minimum absolute atomic E-state index is 0.363. The summed E-state index contributed by atoms with van der Waals surface area (Å²) >= 11 is 0. The Balaban J connectivity index is 3.41. The first-order valence-corrected chi connectivity index (χ1v) is 6.81. The Morgan fingerprint density at radius 3 is 2.20 bits per heavy atom. The Bertz CT molecular complexity index is 528. The number of aryl methyl sites for hydroxylation is 2. The molecule has 0 atom stereocenters. The summed E-state index contributed by atoms with van der Waals surface area (Å²) in [5.74, 6) is -0.474. The van der Waals surface area contributed by atoms with E-state index in [9.17, 15) is 14.7 Å². The second kappa shape index (κ2) is 6.07. The van der Waals surface area contributed by atoms with Crippen LogP contribution in [0.4, 0.5) is 0 Å². The van der Waals surface area contributed by atoms with Gasteiger partial charge in [-0.05, 0) is 44.7 Å². The van der Waals surface area contributed by atoms with E-state index in [2.05, 4.69) is 0 Å². The normalized spacial score (nSPS) is 11.2. The third kappa shape index (κ3) is 2.69. The minimum Gasteiger partial charge on any atom is -0.478 e. The molecule has 0 fully saturated rings. The summed E-state index contributed by atoms with van der Waals surface area (Å²) in [6.45, 7) is 9.09. The lowest BCUT2D eigenvalue weighted by Crippen LogP contribution is -2.43. The quantitative estimate of drug-likeness (QED) is 0.809. The van der Waals surface area contributed by atoms with Crippen molar-refractivity contribution in [2.45, 2.75) is 53.1 Å². The zero-order valence-corrected chi connectivity index (χ0v) is 12.7. The van der Waals surface area contributed by atoms with Crippen molar-refractivity contribution in [3.8, 4) is 5.75 Å². The van der Waals surface area contributed by atoms with E-state index in [4.69, 9.17) is 4.74 Å². The van der Waals surface area contributed by atoms with Crippen molar-refractivity contribution in [3.63, 3.8) is 0 Å². The molecule has 0 saturated heterocycles. The molecular formula is C16H22O4. The number of benzene rings is 1. The Morgan fingerprint density at radius 2 is 1.80 bits per heavy atom. The summed E-state index contributed by atoms with van der Waals surface area (Å²) in [7, 11) is 0. The number of carboxylic acid groups (broad SMARTS) is 1. The molecule has 0 heterocycles. The number of hydrogen-bond acceptors (Lipinski definition) is 3. The van der Waals surface area contributed by atoms with Crippen molar-refractivity contribution in [2.24, 2.45) is 0 Å². The average molecular weight is 278 g/mol. The molecule has 1 aromatic rings. The molecule has 0 aliphatic carbocycles. The zero-order valence-electron chi connectivity index (χ0n) is 12.7.